The number of nitrogens with zero attached hydrogens (tertiary/aromatic N) is 3. The molecular weight excluding hydrogens is 302 g/mol. The largest absolute Gasteiger partial charge is 0.341 e. The molecule has 0 N–H and O–H groups in total. The maximum absolute atomic E-state index is 12.1. The van der Waals surface area contributed by atoms with Gasteiger partial charge in [0.1, 0.15) is 10.7 Å². The highest BCUT2D eigenvalue weighted by atomic mass is 35.5. The summed E-state index contributed by atoms with van der Waals surface area (Å²) in [5, 5.41) is -0.106. The predicted octanol–water partition coefficient (Wildman–Crippen LogP) is 2.16. The van der Waals surface area contributed by atoms with Gasteiger partial charge in [-0.1, -0.05) is 24.6 Å². The first-order chi connectivity index (χ1) is 9.40. The molecule has 0 bridgehead atoms. The lowest BCUT2D eigenvalue weighted by Crippen LogP contribution is -2.13. The summed E-state index contributed by atoms with van der Waals surface area (Å²) in [4.78, 5) is 11.4. The van der Waals surface area contributed by atoms with Crippen molar-refractivity contribution in [2.24, 2.45) is 0 Å². The average Bonchev–Trinajstić information content (AvgIpc) is 2.37. The first kappa shape index (κ1) is 14.7. The zero-order valence-corrected chi connectivity index (χ0v) is 12.4. The number of halogens is 1. The van der Waals surface area contributed by atoms with E-state index in [0.717, 1.165) is 5.56 Å². The Labute approximate surface area is 121 Å². The van der Waals surface area contributed by atoms with Crippen LogP contribution >= 0.6 is 11.6 Å². The van der Waals surface area contributed by atoms with Crippen molar-refractivity contribution < 1.29 is 12.6 Å². The summed E-state index contributed by atoms with van der Waals surface area (Å²) < 4.78 is 29.0. The van der Waals surface area contributed by atoms with Crippen LogP contribution in [-0.2, 0) is 16.5 Å². The second-order valence-corrected chi connectivity index (χ2v) is 5.89. The van der Waals surface area contributed by atoms with Gasteiger partial charge in [-0.3, -0.25) is 0 Å². The zero-order chi connectivity index (χ0) is 14.8. The van der Waals surface area contributed by atoms with Crippen LogP contribution in [-0.4, -0.2) is 23.4 Å². The zero-order valence-electron chi connectivity index (χ0n) is 10.9. The molecule has 1 heterocycles. The maximum Gasteiger partial charge on any atom is 0.341 e. The van der Waals surface area contributed by atoms with Crippen molar-refractivity contribution in [3.8, 4) is 6.01 Å². The summed E-state index contributed by atoms with van der Waals surface area (Å²) in [6.07, 6.45) is 0.489. The second-order valence-electron chi connectivity index (χ2n) is 4.01. The van der Waals surface area contributed by atoms with E-state index in [1.54, 1.807) is 12.1 Å². The standard InChI is InChI=1S/C12H12ClN3O3S/c1-3-10-14-11(13)16-12(15-10)19-20(17,18)9-6-4-8(2)5-7-9/h4-7H,3H2,1-2H3. The van der Waals surface area contributed by atoms with Gasteiger partial charge in [-0.05, 0) is 30.7 Å². The fourth-order valence-electron chi connectivity index (χ4n) is 1.42. The predicted molar refractivity (Wildman–Crippen MR) is 73.2 cm³/mol. The van der Waals surface area contributed by atoms with Crippen LogP contribution < -0.4 is 4.18 Å². The molecule has 0 atom stereocenters. The maximum atomic E-state index is 12.1. The molecule has 1 aromatic carbocycles. The van der Waals surface area contributed by atoms with Gasteiger partial charge >= 0.3 is 16.1 Å². The summed E-state index contributed by atoms with van der Waals surface area (Å²) in [6.45, 7) is 3.67. The van der Waals surface area contributed by atoms with Crippen LogP contribution in [0.1, 0.15) is 18.3 Å². The van der Waals surface area contributed by atoms with Crippen LogP contribution in [0.25, 0.3) is 0 Å². The minimum atomic E-state index is -3.98. The molecule has 0 saturated carbocycles. The molecule has 2 aromatic rings. The van der Waals surface area contributed by atoms with E-state index in [1.807, 2.05) is 13.8 Å². The fourth-order valence-corrected chi connectivity index (χ4v) is 2.42. The lowest BCUT2D eigenvalue weighted by atomic mass is 10.2. The van der Waals surface area contributed by atoms with Gasteiger partial charge in [0.25, 0.3) is 0 Å². The van der Waals surface area contributed by atoms with E-state index in [0.29, 0.717) is 12.2 Å². The Morgan fingerprint density at radius 2 is 1.80 bits per heavy atom. The first-order valence-electron chi connectivity index (χ1n) is 5.82. The van der Waals surface area contributed by atoms with Crippen LogP contribution in [0.2, 0.25) is 5.28 Å². The highest BCUT2D eigenvalue weighted by Crippen LogP contribution is 2.17. The van der Waals surface area contributed by atoms with E-state index in [4.69, 9.17) is 15.8 Å². The Kier molecular flexibility index (Phi) is 4.20. The van der Waals surface area contributed by atoms with Crippen LogP contribution in [0, 0.1) is 6.92 Å². The summed E-state index contributed by atoms with van der Waals surface area (Å²) in [6, 6.07) is 5.92. The van der Waals surface area contributed by atoms with Gasteiger partial charge < -0.3 is 4.18 Å². The molecule has 0 aliphatic heterocycles. The number of benzene rings is 1. The van der Waals surface area contributed by atoms with E-state index >= 15 is 0 Å². The Morgan fingerprint density at radius 1 is 1.15 bits per heavy atom. The third-order valence-electron chi connectivity index (χ3n) is 2.44. The second kappa shape index (κ2) is 5.72. The summed E-state index contributed by atoms with van der Waals surface area (Å²) >= 11 is 5.69. The van der Waals surface area contributed by atoms with Crippen LogP contribution in [0.3, 0.4) is 0 Å². The Balaban J connectivity index is 2.33. The molecule has 1 aromatic heterocycles. The monoisotopic (exact) mass is 313 g/mol. The minimum Gasteiger partial charge on any atom is -0.339 e. The third kappa shape index (κ3) is 3.43. The molecule has 0 saturated heterocycles. The molecule has 0 aliphatic rings. The number of aryl methyl sites for hydroxylation is 2. The van der Waals surface area contributed by atoms with E-state index in [1.165, 1.54) is 12.1 Å². The van der Waals surface area contributed by atoms with Crippen LogP contribution in [0.4, 0.5) is 0 Å². The summed E-state index contributed by atoms with van der Waals surface area (Å²) in [7, 11) is -3.98. The summed E-state index contributed by atoms with van der Waals surface area (Å²) in [5.41, 5.74) is 0.945. The Morgan fingerprint density at radius 3 is 2.40 bits per heavy atom. The molecule has 2 rings (SSSR count). The number of rotatable bonds is 4. The molecule has 0 amide bonds. The number of aromatic nitrogens is 3. The van der Waals surface area contributed by atoms with Crippen molar-refractivity contribution in [3.63, 3.8) is 0 Å². The van der Waals surface area contributed by atoms with Gasteiger partial charge in [-0.15, -0.1) is 0 Å². The normalized spacial score (nSPS) is 11.3. The quantitative estimate of drug-likeness (QED) is 0.804. The smallest absolute Gasteiger partial charge is 0.339 e. The van der Waals surface area contributed by atoms with Crippen molar-refractivity contribution in [2.45, 2.75) is 25.2 Å². The minimum absolute atomic E-state index is 0.0256. The highest BCUT2D eigenvalue weighted by Gasteiger charge is 2.19. The molecule has 0 unspecified atom stereocenters. The van der Waals surface area contributed by atoms with Crippen molar-refractivity contribution in [3.05, 3.63) is 40.9 Å². The molecule has 0 fully saturated rings. The Bertz CT molecular complexity index is 717. The van der Waals surface area contributed by atoms with E-state index in [9.17, 15) is 8.42 Å². The molecule has 106 valence electrons. The SMILES string of the molecule is CCc1nc(Cl)nc(OS(=O)(=O)c2ccc(C)cc2)n1. The Hall–Kier alpha value is -1.73. The molecule has 6 nitrogen and oxygen atoms in total. The van der Waals surface area contributed by atoms with Crippen molar-refractivity contribution in [1.82, 2.24) is 15.0 Å². The van der Waals surface area contributed by atoms with E-state index < -0.39 is 10.1 Å². The van der Waals surface area contributed by atoms with E-state index in [-0.39, 0.29) is 16.2 Å². The van der Waals surface area contributed by atoms with Gasteiger partial charge in [0, 0.05) is 6.42 Å². The summed E-state index contributed by atoms with van der Waals surface area (Å²) in [5.74, 6) is 0.360. The number of hydrogen-bond donors (Lipinski definition) is 0. The van der Waals surface area contributed by atoms with Crippen molar-refractivity contribution in [2.75, 3.05) is 0 Å². The average molecular weight is 314 g/mol. The van der Waals surface area contributed by atoms with Gasteiger partial charge in [0.15, 0.2) is 0 Å². The fraction of sp³-hybridized carbons (Fsp3) is 0.250. The van der Waals surface area contributed by atoms with Crippen LogP contribution in [0.15, 0.2) is 29.2 Å². The third-order valence-corrected chi connectivity index (χ3v) is 3.83. The van der Waals surface area contributed by atoms with Crippen molar-refractivity contribution >= 4 is 21.7 Å². The lowest BCUT2D eigenvalue weighted by Gasteiger charge is -2.06. The molecular formula is C12H12ClN3O3S. The lowest BCUT2D eigenvalue weighted by molar-refractivity contribution is 0.460. The molecule has 0 spiro atoms. The first-order valence-corrected chi connectivity index (χ1v) is 7.61. The molecule has 8 heteroatoms. The van der Waals surface area contributed by atoms with Gasteiger partial charge in [0.2, 0.25) is 5.28 Å². The molecule has 20 heavy (non-hydrogen) atoms. The molecule has 0 radical (unpaired) electrons. The van der Waals surface area contributed by atoms with E-state index in [2.05, 4.69) is 15.0 Å². The van der Waals surface area contributed by atoms with Crippen molar-refractivity contribution in [1.29, 1.82) is 0 Å². The highest BCUT2D eigenvalue weighted by molar-refractivity contribution is 7.87. The van der Waals surface area contributed by atoms with Gasteiger partial charge in [0.05, 0.1) is 0 Å². The molecule has 0 aliphatic carbocycles. The topological polar surface area (TPSA) is 82.0 Å². The van der Waals surface area contributed by atoms with Gasteiger partial charge in [-0.2, -0.15) is 18.4 Å². The van der Waals surface area contributed by atoms with Crippen LogP contribution in [0.5, 0.6) is 6.01 Å². The van der Waals surface area contributed by atoms with Gasteiger partial charge in [-0.25, -0.2) is 4.98 Å². The number of hydrogen-bond acceptors (Lipinski definition) is 6.